The number of halogens is 2. The van der Waals surface area contributed by atoms with E-state index in [1.54, 1.807) is 18.2 Å². The minimum atomic E-state index is -0.732. The second-order valence-electron chi connectivity index (χ2n) is 6.64. The van der Waals surface area contributed by atoms with Crippen LogP contribution in [-0.2, 0) is 16.0 Å². The molecule has 1 saturated heterocycles. The van der Waals surface area contributed by atoms with Crippen molar-refractivity contribution in [2.24, 2.45) is 0 Å². The van der Waals surface area contributed by atoms with Gasteiger partial charge in [-0.1, -0.05) is 47.5 Å². The van der Waals surface area contributed by atoms with Crippen molar-refractivity contribution >= 4 is 57.6 Å². The van der Waals surface area contributed by atoms with Gasteiger partial charge in [0.25, 0.3) is 5.91 Å². The first-order valence-electron chi connectivity index (χ1n) is 8.85. The summed E-state index contributed by atoms with van der Waals surface area (Å²) in [6, 6.07) is 11.2. The number of aromatic nitrogens is 1. The van der Waals surface area contributed by atoms with E-state index < -0.39 is 30.4 Å². The second kappa shape index (κ2) is 7.77. The third-order valence-electron chi connectivity index (χ3n) is 4.73. The molecule has 0 spiro atoms. The van der Waals surface area contributed by atoms with Gasteiger partial charge in [-0.25, -0.2) is 4.79 Å². The van der Waals surface area contributed by atoms with Gasteiger partial charge in [0.15, 0.2) is 0 Å². The maximum Gasteiger partial charge on any atom is 0.325 e. The lowest BCUT2D eigenvalue weighted by molar-refractivity contribution is -0.130. The third-order valence-corrected chi connectivity index (χ3v) is 5.55. The summed E-state index contributed by atoms with van der Waals surface area (Å²) in [6.07, 6.45) is 2.15. The van der Waals surface area contributed by atoms with Gasteiger partial charge in [-0.3, -0.25) is 14.5 Å². The fourth-order valence-electron chi connectivity index (χ4n) is 3.32. The molecule has 1 atom stereocenters. The number of anilines is 1. The summed E-state index contributed by atoms with van der Waals surface area (Å²) < 4.78 is 0. The molecule has 4 amide bonds. The molecule has 1 aliphatic rings. The van der Waals surface area contributed by atoms with E-state index in [0.717, 1.165) is 21.4 Å². The Kier molecular flexibility index (Phi) is 5.17. The van der Waals surface area contributed by atoms with Gasteiger partial charge in [-0.2, -0.15) is 0 Å². The molecule has 4 rings (SSSR count). The SMILES string of the molecule is O=C(CN1C(=O)NC(Cc2c[nH]c3ccccc23)C1=O)Nc1cccc(Cl)c1Cl. The number of aromatic amines is 1. The summed E-state index contributed by atoms with van der Waals surface area (Å²) >= 11 is 12.0. The first-order valence-corrected chi connectivity index (χ1v) is 9.60. The molecule has 3 N–H and O–H groups in total. The molecule has 0 radical (unpaired) electrons. The van der Waals surface area contributed by atoms with Gasteiger partial charge in [-0.05, 0) is 23.8 Å². The number of fused-ring (bicyclic) bond motifs is 1. The van der Waals surface area contributed by atoms with Gasteiger partial charge in [0.05, 0.1) is 15.7 Å². The number of benzene rings is 2. The Morgan fingerprint density at radius 2 is 1.90 bits per heavy atom. The molecule has 1 aliphatic heterocycles. The molecule has 3 aromatic rings. The van der Waals surface area contributed by atoms with Gasteiger partial charge in [0, 0.05) is 23.5 Å². The van der Waals surface area contributed by atoms with E-state index in [-0.39, 0.29) is 5.02 Å². The Balaban J connectivity index is 1.44. The molecule has 9 heteroatoms. The summed E-state index contributed by atoms with van der Waals surface area (Å²) in [5, 5.41) is 6.68. The van der Waals surface area contributed by atoms with Crippen LogP contribution in [-0.4, -0.2) is 40.3 Å². The number of rotatable bonds is 5. The number of amides is 4. The first-order chi connectivity index (χ1) is 13.9. The van der Waals surface area contributed by atoms with E-state index in [1.165, 1.54) is 0 Å². The molecular weight excluding hydrogens is 415 g/mol. The third kappa shape index (κ3) is 3.79. The van der Waals surface area contributed by atoms with Crippen LogP contribution in [0.2, 0.25) is 10.0 Å². The number of urea groups is 1. The molecule has 7 nitrogen and oxygen atoms in total. The van der Waals surface area contributed by atoms with Crippen molar-refractivity contribution in [3.8, 4) is 0 Å². The highest BCUT2D eigenvalue weighted by Crippen LogP contribution is 2.29. The summed E-state index contributed by atoms with van der Waals surface area (Å²) in [6.45, 7) is -0.419. The normalized spacial score (nSPS) is 16.3. The lowest BCUT2D eigenvalue weighted by atomic mass is 10.1. The minimum Gasteiger partial charge on any atom is -0.361 e. The summed E-state index contributed by atoms with van der Waals surface area (Å²) in [5.74, 6) is -1.00. The van der Waals surface area contributed by atoms with Crippen molar-refractivity contribution in [1.82, 2.24) is 15.2 Å². The summed E-state index contributed by atoms with van der Waals surface area (Å²) in [7, 11) is 0. The van der Waals surface area contributed by atoms with Crippen molar-refractivity contribution in [2.75, 3.05) is 11.9 Å². The van der Waals surface area contributed by atoms with Crippen LogP contribution in [0.15, 0.2) is 48.7 Å². The zero-order valence-electron chi connectivity index (χ0n) is 15.0. The van der Waals surface area contributed by atoms with Crippen molar-refractivity contribution in [3.05, 3.63) is 64.3 Å². The maximum absolute atomic E-state index is 12.7. The zero-order chi connectivity index (χ0) is 20.5. The Morgan fingerprint density at radius 3 is 2.72 bits per heavy atom. The lowest BCUT2D eigenvalue weighted by Crippen LogP contribution is -2.38. The maximum atomic E-state index is 12.7. The monoisotopic (exact) mass is 430 g/mol. The number of carbonyl (C=O) groups excluding carboxylic acids is 3. The van der Waals surface area contributed by atoms with Crippen molar-refractivity contribution < 1.29 is 14.4 Å². The molecule has 29 heavy (non-hydrogen) atoms. The van der Waals surface area contributed by atoms with E-state index in [2.05, 4.69) is 15.6 Å². The zero-order valence-corrected chi connectivity index (χ0v) is 16.6. The molecule has 2 aromatic carbocycles. The number of hydrogen-bond donors (Lipinski definition) is 3. The van der Waals surface area contributed by atoms with E-state index in [4.69, 9.17) is 23.2 Å². The number of H-pyrrole nitrogens is 1. The van der Waals surface area contributed by atoms with Crippen LogP contribution in [0.5, 0.6) is 0 Å². The quantitative estimate of drug-likeness (QED) is 0.539. The Morgan fingerprint density at radius 1 is 1.10 bits per heavy atom. The predicted octanol–water partition coefficient (Wildman–Crippen LogP) is 3.58. The summed E-state index contributed by atoms with van der Waals surface area (Å²) in [4.78, 5) is 41.3. The molecule has 1 fully saturated rings. The minimum absolute atomic E-state index is 0.192. The fourth-order valence-corrected chi connectivity index (χ4v) is 3.67. The molecule has 2 heterocycles. The van der Waals surface area contributed by atoms with Crippen LogP contribution in [0, 0.1) is 0 Å². The molecule has 0 aliphatic carbocycles. The number of nitrogens with one attached hydrogen (secondary N) is 3. The molecule has 148 valence electrons. The average Bonchev–Trinajstić information content (AvgIpc) is 3.22. The van der Waals surface area contributed by atoms with Crippen LogP contribution in [0.25, 0.3) is 10.9 Å². The van der Waals surface area contributed by atoms with Crippen LogP contribution >= 0.6 is 23.2 Å². The lowest BCUT2D eigenvalue weighted by Gasteiger charge is -2.14. The Hall–Kier alpha value is -3.03. The number of imide groups is 1. The highest BCUT2D eigenvalue weighted by atomic mass is 35.5. The van der Waals surface area contributed by atoms with E-state index >= 15 is 0 Å². The molecule has 0 saturated carbocycles. The smallest absolute Gasteiger partial charge is 0.325 e. The number of para-hydroxylation sites is 1. The average molecular weight is 431 g/mol. The summed E-state index contributed by atoms with van der Waals surface area (Å²) in [5.41, 5.74) is 2.18. The molecular formula is C20H16Cl2N4O3. The standard InChI is InChI=1S/C20H16Cl2N4O3/c21-13-5-3-7-15(18(13)22)24-17(27)10-26-19(28)16(25-20(26)29)8-11-9-23-14-6-2-1-4-12(11)14/h1-7,9,16,23H,8,10H2,(H,24,27)(H,25,29). The predicted molar refractivity (Wildman–Crippen MR) is 111 cm³/mol. The van der Waals surface area contributed by atoms with Crippen LogP contribution in [0.4, 0.5) is 10.5 Å². The highest BCUT2D eigenvalue weighted by Gasteiger charge is 2.39. The fraction of sp³-hybridized carbons (Fsp3) is 0.150. The van der Waals surface area contributed by atoms with Gasteiger partial charge < -0.3 is 15.6 Å². The first kappa shape index (κ1) is 19.3. The van der Waals surface area contributed by atoms with Gasteiger partial charge in [-0.15, -0.1) is 0 Å². The van der Waals surface area contributed by atoms with Gasteiger partial charge >= 0.3 is 6.03 Å². The Bertz CT molecular complexity index is 1130. The molecule has 1 aromatic heterocycles. The van der Waals surface area contributed by atoms with Crippen LogP contribution in [0.3, 0.4) is 0 Å². The van der Waals surface area contributed by atoms with Crippen molar-refractivity contribution in [2.45, 2.75) is 12.5 Å². The van der Waals surface area contributed by atoms with Crippen molar-refractivity contribution in [1.29, 1.82) is 0 Å². The largest absolute Gasteiger partial charge is 0.361 e. The number of hydrogen-bond acceptors (Lipinski definition) is 3. The van der Waals surface area contributed by atoms with Crippen LogP contribution < -0.4 is 10.6 Å². The topological polar surface area (TPSA) is 94.3 Å². The highest BCUT2D eigenvalue weighted by molar-refractivity contribution is 6.44. The molecule has 1 unspecified atom stereocenters. The molecule has 0 bridgehead atoms. The van der Waals surface area contributed by atoms with Crippen LogP contribution in [0.1, 0.15) is 5.56 Å². The van der Waals surface area contributed by atoms with E-state index in [1.807, 2.05) is 30.5 Å². The second-order valence-corrected chi connectivity index (χ2v) is 7.42. The van der Waals surface area contributed by atoms with Gasteiger partial charge in [0.1, 0.15) is 12.6 Å². The number of carbonyl (C=O) groups is 3. The van der Waals surface area contributed by atoms with E-state index in [0.29, 0.717) is 17.1 Å². The van der Waals surface area contributed by atoms with E-state index in [9.17, 15) is 14.4 Å². The van der Waals surface area contributed by atoms with Gasteiger partial charge in [0.2, 0.25) is 5.91 Å². The number of nitrogens with zero attached hydrogens (tertiary/aromatic N) is 1. The van der Waals surface area contributed by atoms with Crippen molar-refractivity contribution in [3.63, 3.8) is 0 Å². The Labute approximate surface area is 176 Å².